The SMILES string of the molecule is C=CCN(CCO)S(=O)(=O)c1cn(CC)nc1N. The third kappa shape index (κ3) is 2.89. The number of nitrogen functional groups attached to an aromatic ring is 1. The molecule has 0 spiro atoms. The van der Waals surface area contributed by atoms with Gasteiger partial charge < -0.3 is 10.8 Å². The molecule has 0 fully saturated rings. The second kappa shape index (κ2) is 5.98. The van der Waals surface area contributed by atoms with Gasteiger partial charge in [-0.05, 0) is 6.92 Å². The third-order valence-corrected chi connectivity index (χ3v) is 4.26. The quantitative estimate of drug-likeness (QED) is 0.662. The zero-order valence-electron chi connectivity index (χ0n) is 10.3. The maximum atomic E-state index is 12.3. The Balaban J connectivity index is 3.16. The number of hydrogen-bond acceptors (Lipinski definition) is 5. The van der Waals surface area contributed by atoms with Gasteiger partial charge in [0.05, 0.1) is 6.61 Å². The summed E-state index contributed by atoms with van der Waals surface area (Å²) in [5.74, 6) is -0.0381. The van der Waals surface area contributed by atoms with Gasteiger partial charge in [-0.15, -0.1) is 6.58 Å². The lowest BCUT2D eigenvalue weighted by molar-refractivity contribution is 0.260. The average Bonchev–Trinajstić information content (AvgIpc) is 2.71. The Labute approximate surface area is 107 Å². The van der Waals surface area contributed by atoms with Crippen LogP contribution in [-0.2, 0) is 16.6 Å². The predicted molar refractivity (Wildman–Crippen MR) is 68.4 cm³/mol. The van der Waals surface area contributed by atoms with Gasteiger partial charge in [0, 0.05) is 25.8 Å². The van der Waals surface area contributed by atoms with E-state index in [0.717, 1.165) is 4.31 Å². The summed E-state index contributed by atoms with van der Waals surface area (Å²) in [4.78, 5) is -0.0420. The minimum absolute atomic E-state index is 0.00883. The maximum absolute atomic E-state index is 12.3. The Bertz CT molecular complexity index is 509. The molecule has 1 aromatic heterocycles. The van der Waals surface area contributed by atoms with Gasteiger partial charge in [-0.3, -0.25) is 4.68 Å². The molecule has 8 heteroatoms. The molecule has 3 N–H and O–H groups in total. The molecule has 0 aliphatic heterocycles. The summed E-state index contributed by atoms with van der Waals surface area (Å²) in [5, 5.41) is 12.8. The molecule has 0 aliphatic rings. The molecule has 7 nitrogen and oxygen atoms in total. The summed E-state index contributed by atoms with van der Waals surface area (Å²) < 4.78 is 27.1. The second-order valence-electron chi connectivity index (χ2n) is 3.61. The van der Waals surface area contributed by atoms with Crippen LogP contribution in [0.5, 0.6) is 0 Å². The first kappa shape index (κ1) is 14.7. The van der Waals surface area contributed by atoms with Crippen LogP contribution in [0.2, 0.25) is 0 Å². The Kier molecular flexibility index (Phi) is 4.88. The predicted octanol–water partition coefficient (Wildman–Crippen LogP) is -0.346. The molecule has 0 radical (unpaired) electrons. The van der Waals surface area contributed by atoms with E-state index >= 15 is 0 Å². The lowest BCUT2D eigenvalue weighted by atomic mass is 10.6. The van der Waals surface area contributed by atoms with E-state index < -0.39 is 10.0 Å². The van der Waals surface area contributed by atoms with E-state index in [9.17, 15) is 8.42 Å². The van der Waals surface area contributed by atoms with Crippen LogP contribution in [0.3, 0.4) is 0 Å². The summed E-state index contributed by atoms with van der Waals surface area (Å²) >= 11 is 0. The monoisotopic (exact) mass is 274 g/mol. The fraction of sp³-hybridized carbons (Fsp3) is 0.500. The van der Waals surface area contributed by atoms with Crippen LogP contribution >= 0.6 is 0 Å². The lowest BCUT2D eigenvalue weighted by Gasteiger charge is -2.18. The highest BCUT2D eigenvalue weighted by Gasteiger charge is 2.27. The van der Waals surface area contributed by atoms with Crippen molar-refractivity contribution in [1.29, 1.82) is 0 Å². The van der Waals surface area contributed by atoms with E-state index in [2.05, 4.69) is 11.7 Å². The lowest BCUT2D eigenvalue weighted by Crippen LogP contribution is -2.34. The van der Waals surface area contributed by atoms with Crippen molar-refractivity contribution in [2.45, 2.75) is 18.4 Å². The first-order valence-corrected chi connectivity index (χ1v) is 6.96. The van der Waals surface area contributed by atoms with Crippen molar-refractivity contribution < 1.29 is 13.5 Å². The topological polar surface area (TPSA) is 101 Å². The van der Waals surface area contributed by atoms with Crippen molar-refractivity contribution in [3.8, 4) is 0 Å². The largest absolute Gasteiger partial charge is 0.395 e. The summed E-state index contributed by atoms with van der Waals surface area (Å²) in [6.07, 6.45) is 2.84. The number of nitrogens with two attached hydrogens (primary N) is 1. The van der Waals surface area contributed by atoms with E-state index in [1.807, 2.05) is 6.92 Å². The molecule has 0 saturated heterocycles. The molecule has 0 bridgehead atoms. The summed E-state index contributed by atoms with van der Waals surface area (Å²) in [5.41, 5.74) is 5.61. The Morgan fingerprint density at radius 3 is 2.78 bits per heavy atom. The van der Waals surface area contributed by atoms with Crippen LogP contribution in [0.4, 0.5) is 5.82 Å². The van der Waals surface area contributed by atoms with Gasteiger partial charge in [0.25, 0.3) is 0 Å². The van der Waals surface area contributed by atoms with Gasteiger partial charge in [-0.2, -0.15) is 9.40 Å². The van der Waals surface area contributed by atoms with Gasteiger partial charge in [0.2, 0.25) is 10.0 Å². The zero-order chi connectivity index (χ0) is 13.8. The standard InChI is InChI=1S/C10H18N4O3S/c1-3-5-14(6-7-15)18(16,17)9-8-13(4-2)12-10(9)11/h3,8,15H,1,4-7H2,2H3,(H2,11,12). The second-order valence-corrected chi connectivity index (χ2v) is 5.52. The molecule has 1 heterocycles. The van der Waals surface area contributed by atoms with Crippen LogP contribution in [0.25, 0.3) is 0 Å². The molecule has 0 aliphatic carbocycles. The normalized spacial score (nSPS) is 11.9. The average molecular weight is 274 g/mol. The zero-order valence-corrected chi connectivity index (χ0v) is 11.1. The van der Waals surface area contributed by atoms with E-state index in [4.69, 9.17) is 10.8 Å². The molecule has 0 aromatic carbocycles. The number of aliphatic hydroxyl groups is 1. The Hall–Kier alpha value is -1.38. The fourth-order valence-electron chi connectivity index (χ4n) is 1.48. The summed E-state index contributed by atoms with van der Waals surface area (Å²) in [6.45, 7) is 5.69. The van der Waals surface area contributed by atoms with Gasteiger partial charge in [0.15, 0.2) is 5.82 Å². The highest BCUT2D eigenvalue weighted by Crippen LogP contribution is 2.20. The van der Waals surface area contributed by atoms with Gasteiger partial charge >= 0.3 is 0 Å². The number of sulfonamides is 1. The van der Waals surface area contributed by atoms with Crippen molar-refractivity contribution in [2.24, 2.45) is 0 Å². The number of anilines is 1. The number of aryl methyl sites for hydroxylation is 1. The Morgan fingerprint density at radius 2 is 2.33 bits per heavy atom. The molecule has 0 amide bonds. The van der Waals surface area contributed by atoms with E-state index in [-0.39, 0.29) is 30.4 Å². The van der Waals surface area contributed by atoms with Crippen LogP contribution in [0, 0.1) is 0 Å². The fourth-order valence-corrected chi connectivity index (χ4v) is 2.94. The number of nitrogens with zero attached hydrogens (tertiary/aromatic N) is 3. The Morgan fingerprint density at radius 1 is 1.67 bits per heavy atom. The van der Waals surface area contributed by atoms with Crippen molar-refractivity contribution in [3.05, 3.63) is 18.9 Å². The minimum Gasteiger partial charge on any atom is -0.395 e. The summed E-state index contributed by atoms with van der Waals surface area (Å²) in [7, 11) is -3.75. The van der Waals surface area contributed by atoms with E-state index in [1.54, 1.807) is 0 Å². The van der Waals surface area contributed by atoms with Gasteiger partial charge in [-0.1, -0.05) is 6.08 Å². The number of aromatic nitrogens is 2. The van der Waals surface area contributed by atoms with Crippen molar-refractivity contribution >= 4 is 15.8 Å². The van der Waals surface area contributed by atoms with E-state index in [1.165, 1.54) is 17.0 Å². The van der Waals surface area contributed by atoms with Crippen LogP contribution in [-0.4, -0.2) is 47.3 Å². The van der Waals surface area contributed by atoms with Gasteiger partial charge in [-0.25, -0.2) is 8.42 Å². The van der Waals surface area contributed by atoms with Crippen molar-refractivity contribution in [3.63, 3.8) is 0 Å². The number of hydrogen-bond donors (Lipinski definition) is 2. The smallest absolute Gasteiger partial charge is 0.248 e. The summed E-state index contributed by atoms with van der Waals surface area (Å²) in [6, 6.07) is 0. The van der Waals surface area contributed by atoms with Crippen LogP contribution in [0.15, 0.2) is 23.7 Å². The molecule has 1 aromatic rings. The van der Waals surface area contributed by atoms with E-state index in [0.29, 0.717) is 6.54 Å². The van der Waals surface area contributed by atoms with Crippen LogP contribution < -0.4 is 5.73 Å². The molecular weight excluding hydrogens is 256 g/mol. The third-order valence-electron chi connectivity index (χ3n) is 2.38. The van der Waals surface area contributed by atoms with Crippen molar-refractivity contribution in [2.75, 3.05) is 25.4 Å². The molecule has 102 valence electrons. The molecular formula is C10H18N4O3S. The number of aliphatic hydroxyl groups excluding tert-OH is 1. The van der Waals surface area contributed by atoms with Crippen molar-refractivity contribution in [1.82, 2.24) is 14.1 Å². The minimum atomic E-state index is -3.75. The first-order chi connectivity index (χ1) is 8.47. The molecule has 0 atom stereocenters. The van der Waals surface area contributed by atoms with Crippen LogP contribution in [0.1, 0.15) is 6.92 Å². The molecule has 18 heavy (non-hydrogen) atoms. The van der Waals surface area contributed by atoms with Gasteiger partial charge in [0.1, 0.15) is 4.90 Å². The molecule has 1 rings (SSSR count). The highest BCUT2D eigenvalue weighted by atomic mass is 32.2. The molecule has 0 saturated carbocycles. The highest BCUT2D eigenvalue weighted by molar-refractivity contribution is 7.89. The first-order valence-electron chi connectivity index (χ1n) is 5.52. The molecule has 0 unspecified atom stereocenters. The maximum Gasteiger partial charge on any atom is 0.248 e. The number of rotatable bonds is 7.